The van der Waals surface area contributed by atoms with Gasteiger partial charge >= 0.3 is 23.9 Å². The third-order valence-corrected chi connectivity index (χ3v) is 3.86. The number of nitrogens with one attached hydrogen (secondary N) is 1. The summed E-state index contributed by atoms with van der Waals surface area (Å²) < 4.78 is 32.0. The van der Waals surface area contributed by atoms with Gasteiger partial charge in [0, 0.05) is 27.7 Å². The van der Waals surface area contributed by atoms with E-state index in [1.165, 1.54) is 13.8 Å². The molecule has 1 amide bonds. The molecule has 0 aromatic carbocycles. The van der Waals surface area contributed by atoms with E-state index in [1.54, 1.807) is 20.8 Å². The molecule has 5 atom stereocenters. The van der Waals surface area contributed by atoms with Crippen molar-refractivity contribution in [1.82, 2.24) is 5.32 Å². The number of carbonyl (C=O) groups excluding carboxylic acids is 5. The van der Waals surface area contributed by atoms with E-state index < -0.39 is 72.6 Å². The van der Waals surface area contributed by atoms with Crippen LogP contribution in [0.15, 0.2) is 0 Å². The zero-order valence-corrected chi connectivity index (χ0v) is 19.3. The topological polar surface area (TPSA) is 153 Å². The summed E-state index contributed by atoms with van der Waals surface area (Å²) in [6, 6.07) is -1.16. The number of ether oxygens (including phenoxy) is 6. The lowest BCUT2D eigenvalue weighted by Gasteiger charge is -2.44. The molecule has 12 nitrogen and oxygen atoms in total. The van der Waals surface area contributed by atoms with E-state index in [0.29, 0.717) is 0 Å². The molecule has 32 heavy (non-hydrogen) atoms. The van der Waals surface area contributed by atoms with Gasteiger partial charge < -0.3 is 33.7 Å². The number of amides is 1. The number of hydrogen-bond donors (Lipinski definition) is 1. The Morgan fingerprint density at radius 1 is 0.875 bits per heavy atom. The monoisotopic (exact) mass is 461 g/mol. The first-order valence-electron chi connectivity index (χ1n) is 9.93. The molecular formula is C20H31NO11. The van der Waals surface area contributed by atoms with Gasteiger partial charge in [0.25, 0.3) is 0 Å². The van der Waals surface area contributed by atoms with Gasteiger partial charge in [0.1, 0.15) is 31.0 Å². The average molecular weight is 461 g/mol. The predicted molar refractivity (Wildman–Crippen MR) is 106 cm³/mol. The standard InChI is InChI=1S/C20H31NO11/c1-10(22)21-16-18(30-13(4)25)17(29-12(3)24)14(8-27-11(2)23)31-19(16)28-9-15(26)32-20(5,6)7/h14,16-19H,8-9H2,1-7H3,(H,21,22)/t14-,16-,17-,18-,19+/m1/s1. The second-order valence-electron chi connectivity index (χ2n) is 8.12. The fourth-order valence-electron chi connectivity index (χ4n) is 2.95. The molecule has 0 radical (unpaired) electrons. The Morgan fingerprint density at radius 2 is 1.44 bits per heavy atom. The molecule has 0 aliphatic carbocycles. The molecule has 182 valence electrons. The molecule has 1 aliphatic rings. The molecule has 0 aromatic heterocycles. The average Bonchev–Trinajstić information content (AvgIpc) is 2.59. The van der Waals surface area contributed by atoms with Crippen LogP contribution in [0.1, 0.15) is 48.5 Å². The maximum atomic E-state index is 12.1. The third kappa shape index (κ3) is 9.60. The van der Waals surface area contributed by atoms with Crippen molar-refractivity contribution in [2.24, 2.45) is 0 Å². The first-order valence-corrected chi connectivity index (χ1v) is 9.93. The third-order valence-electron chi connectivity index (χ3n) is 3.86. The summed E-state index contributed by atoms with van der Waals surface area (Å²) in [5.74, 6) is -3.32. The molecule has 1 N–H and O–H groups in total. The minimum Gasteiger partial charge on any atom is -0.463 e. The molecule has 0 bridgehead atoms. The highest BCUT2D eigenvalue weighted by molar-refractivity contribution is 5.74. The van der Waals surface area contributed by atoms with Crippen molar-refractivity contribution < 1.29 is 52.4 Å². The second kappa shape index (κ2) is 11.8. The van der Waals surface area contributed by atoms with Crippen molar-refractivity contribution in [1.29, 1.82) is 0 Å². The van der Waals surface area contributed by atoms with Gasteiger partial charge in [-0.2, -0.15) is 0 Å². The van der Waals surface area contributed by atoms with Gasteiger partial charge in [-0.15, -0.1) is 0 Å². The van der Waals surface area contributed by atoms with E-state index in [4.69, 9.17) is 28.4 Å². The SMILES string of the molecule is CC(=O)N[C@H]1[C@@H](OCC(=O)OC(C)(C)C)O[C@H](COC(C)=O)[C@@H](OC(C)=O)[C@@H]1OC(C)=O. The molecule has 12 heteroatoms. The van der Waals surface area contributed by atoms with Crippen LogP contribution in [0.3, 0.4) is 0 Å². The number of carbonyl (C=O) groups is 5. The summed E-state index contributed by atoms with van der Waals surface area (Å²) in [6.45, 7) is 8.75. The number of hydrogen-bond acceptors (Lipinski definition) is 11. The zero-order chi connectivity index (χ0) is 24.6. The van der Waals surface area contributed by atoms with Gasteiger partial charge in [0.2, 0.25) is 5.91 Å². The Labute approximate surface area is 186 Å². The Hall–Kier alpha value is -2.73. The molecule has 1 rings (SSSR count). The highest BCUT2D eigenvalue weighted by atomic mass is 16.7. The van der Waals surface area contributed by atoms with E-state index in [2.05, 4.69) is 5.32 Å². The first kappa shape index (κ1) is 27.3. The Morgan fingerprint density at radius 3 is 1.91 bits per heavy atom. The quantitative estimate of drug-likeness (QED) is 0.384. The van der Waals surface area contributed by atoms with Crippen LogP contribution < -0.4 is 5.32 Å². The van der Waals surface area contributed by atoms with Crippen LogP contribution in [-0.4, -0.2) is 79.2 Å². The van der Waals surface area contributed by atoms with Crippen LogP contribution in [0, 0.1) is 0 Å². The van der Waals surface area contributed by atoms with Crippen molar-refractivity contribution in [2.75, 3.05) is 13.2 Å². The van der Waals surface area contributed by atoms with Crippen LogP contribution in [0.4, 0.5) is 0 Å². The summed E-state index contributed by atoms with van der Waals surface area (Å²) in [7, 11) is 0. The minimum atomic E-state index is -1.33. The zero-order valence-electron chi connectivity index (χ0n) is 19.3. The molecule has 1 aliphatic heterocycles. The molecule has 1 heterocycles. The van der Waals surface area contributed by atoms with Crippen LogP contribution in [-0.2, 0) is 52.4 Å². The molecule has 1 fully saturated rings. The smallest absolute Gasteiger partial charge is 0.332 e. The van der Waals surface area contributed by atoms with Crippen molar-refractivity contribution in [3.63, 3.8) is 0 Å². The first-order chi connectivity index (χ1) is 14.7. The van der Waals surface area contributed by atoms with Crippen LogP contribution in [0.25, 0.3) is 0 Å². The maximum Gasteiger partial charge on any atom is 0.332 e. The van der Waals surface area contributed by atoms with Crippen LogP contribution in [0.2, 0.25) is 0 Å². The summed E-state index contributed by atoms with van der Waals surface area (Å²) in [6.07, 6.45) is -4.96. The van der Waals surface area contributed by atoms with Crippen LogP contribution >= 0.6 is 0 Å². The van der Waals surface area contributed by atoms with E-state index in [-0.39, 0.29) is 6.61 Å². The van der Waals surface area contributed by atoms with Gasteiger partial charge in [-0.3, -0.25) is 19.2 Å². The number of esters is 4. The highest BCUT2D eigenvalue weighted by Gasteiger charge is 2.51. The van der Waals surface area contributed by atoms with Gasteiger partial charge in [0.05, 0.1) is 0 Å². The molecule has 0 aromatic rings. The molecule has 0 spiro atoms. The van der Waals surface area contributed by atoms with E-state index in [0.717, 1.165) is 13.8 Å². The lowest BCUT2D eigenvalue weighted by molar-refractivity contribution is -0.278. The molecule has 1 saturated heterocycles. The molecular weight excluding hydrogens is 430 g/mol. The van der Waals surface area contributed by atoms with Crippen LogP contribution in [0.5, 0.6) is 0 Å². The van der Waals surface area contributed by atoms with E-state index in [9.17, 15) is 24.0 Å². The van der Waals surface area contributed by atoms with Crippen molar-refractivity contribution in [2.45, 2.75) is 84.7 Å². The summed E-state index contributed by atoms with van der Waals surface area (Å²) in [5.41, 5.74) is -0.760. The Kier molecular flexibility index (Phi) is 10.0. The van der Waals surface area contributed by atoms with E-state index >= 15 is 0 Å². The Bertz CT molecular complexity index is 715. The lowest BCUT2D eigenvalue weighted by atomic mass is 9.96. The molecule has 0 saturated carbocycles. The summed E-state index contributed by atoms with van der Waals surface area (Å²) in [5, 5.41) is 2.53. The highest BCUT2D eigenvalue weighted by Crippen LogP contribution is 2.28. The van der Waals surface area contributed by atoms with Crippen molar-refractivity contribution in [3.8, 4) is 0 Å². The van der Waals surface area contributed by atoms with Gasteiger partial charge in [-0.05, 0) is 20.8 Å². The largest absolute Gasteiger partial charge is 0.463 e. The van der Waals surface area contributed by atoms with Gasteiger partial charge in [-0.1, -0.05) is 0 Å². The predicted octanol–water partition coefficient (Wildman–Crippen LogP) is 0.000800. The Balaban J connectivity index is 3.23. The lowest BCUT2D eigenvalue weighted by Crippen LogP contribution is -2.66. The summed E-state index contributed by atoms with van der Waals surface area (Å²) >= 11 is 0. The fourth-order valence-corrected chi connectivity index (χ4v) is 2.95. The van der Waals surface area contributed by atoms with Crippen molar-refractivity contribution >= 4 is 29.8 Å². The fraction of sp³-hybridized carbons (Fsp3) is 0.750. The summed E-state index contributed by atoms with van der Waals surface area (Å²) in [4.78, 5) is 58.6. The maximum absolute atomic E-state index is 12.1. The molecule has 0 unspecified atom stereocenters. The minimum absolute atomic E-state index is 0.371. The van der Waals surface area contributed by atoms with E-state index in [1.807, 2.05) is 0 Å². The van der Waals surface area contributed by atoms with Gasteiger partial charge in [0.15, 0.2) is 18.5 Å². The number of rotatable bonds is 8. The van der Waals surface area contributed by atoms with Gasteiger partial charge in [-0.25, -0.2) is 4.79 Å². The second-order valence-corrected chi connectivity index (χ2v) is 8.12. The van der Waals surface area contributed by atoms with Crippen molar-refractivity contribution in [3.05, 3.63) is 0 Å². The normalized spacial score (nSPS) is 25.3.